The number of carbonyl (C=O) groups excluding carboxylic acids is 2. The molecular weight excluding hydrogens is 872 g/mol. The number of nitrogens with zero attached hydrogens (tertiary/aromatic N) is 8. The van der Waals surface area contributed by atoms with Gasteiger partial charge in [-0.05, 0) is 12.1 Å². The standard InChI is InChI=1S/C36H41N11O14P2/c1-18(2)31(50)44-36-43-30-25(33(52)45-36)41-17-47(30)35-27(21(12-48)22(13-49)58-35)61-63(55,56-11-7-10-37)57-14-23-26(60-62(53)54)19(3)34(59-23)46-16-40-24-28(38-15-39-29(24)46)42-32(51)20-8-5-4-6-9-20/h4-6,8-9,15-19,21-23,26-27,34-35,48-49H,7,11-14H2,1-3H3,(H3-,38,39,42,43,44,45,50,51,52,53,54)/p+1. The smallest absolute Gasteiger partial charge is 0.396 e. The van der Waals surface area contributed by atoms with E-state index in [0.29, 0.717) is 5.56 Å². The maximum Gasteiger partial charge on any atom is 0.695 e. The van der Waals surface area contributed by atoms with E-state index in [-0.39, 0.29) is 40.5 Å². The summed E-state index contributed by atoms with van der Waals surface area (Å²) in [7, 11) is -8.11. The third-order valence-electron chi connectivity index (χ3n) is 10.2. The van der Waals surface area contributed by atoms with Gasteiger partial charge in [0, 0.05) is 27.9 Å². The Morgan fingerprint density at radius 1 is 0.984 bits per heavy atom. The van der Waals surface area contributed by atoms with Gasteiger partial charge < -0.3 is 25.0 Å². The molecule has 2 aliphatic rings. The fraction of sp³-hybridized carbons (Fsp3) is 0.472. The van der Waals surface area contributed by atoms with Gasteiger partial charge in [-0.1, -0.05) is 39.0 Å². The van der Waals surface area contributed by atoms with Crippen molar-refractivity contribution in [2.75, 3.05) is 37.1 Å². The van der Waals surface area contributed by atoms with Crippen molar-refractivity contribution in [3.8, 4) is 6.07 Å². The molecule has 0 saturated carbocycles. The number of fused-ring (bicyclic) bond motifs is 2. The lowest BCUT2D eigenvalue weighted by Crippen LogP contribution is -2.34. The normalized spacial score (nSPS) is 24.7. The van der Waals surface area contributed by atoms with Gasteiger partial charge in [-0.25, -0.2) is 24.5 Å². The summed E-state index contributed by atoms with van der Waals surface area (Å²) in [6, 6.07) is 10.3. The van der Waals surface area contributed by atoms with Gasteiger partial charge in [0.05, 0.1) is 57.7 Å². The SMILES string of the molecule is CC(C)C(=O)Nc1nc2c(ncn2C2OC(CO)C(CO)C2OP(=O)(OCCC#N)OCC2OC(n3cnc4c(NC(=O)c5ccccc5)ncnc43)C(C)C2O[P+](=O)O)c(=O)[nH]1. The van der Waals surface area contributed by atoms with Gasteiger partial charge in [0.25, 0.3) is 11.5 Å². The van der Waals surface area contributed by atoms with Crippen LogP contribution in [-0.4, -0.2) is 117 Å². The second-order valence-electron chi connectivity index (χ2n) is 14.6. The first kappa shape index (κ1) is 45.5. The van der Waals surface area contributed by atoms with Crippen LogP contribution in [0, 0.1) is 29.1 Å². The lowest BCUT2D eigenvalue weighted by atomic mass is 9.99. The molecule has 6 N–H and O–H groups in total. The van der Waals surface area contributed by atoms with Crippen LogP contribution in [0.1, 0.15) is 50.0 Å². The molecule has 4 aromatic heterocycles. The first-order valence-electron chi connectivity index (χ1n) is 19.4. The maximum atomic E-state index is 14.7. The zero-order valence-corrected chi connectivity index (χ0v) is 35.4. The van der Waals surface area contributed by atoms with E-state index in [1.54, 1.807) is 51.1 Å². The number of phosphoric ester groups is 1. The number of ether oxygens (including phenoxy) is 2. The minimum Gasteiger partial charge on any atom is -0.396 e. The van der Waals surface area contributed by atoms with Gasteiger partial charge in [0.1, 0.15) is 24.8 Å². The summed E-state index contributed by atoms with van der Waals surface area (Å²) in [5, 5.41) is 35.3. The molecule has 5 aromatic rings. The summed E-state index contributed by atoms with van der Waals surface area (Å²) < 4.78 is 64.7. The molecular formula is C36H42N11O14P2+. The number of hydrogen-bond acceptors (Lipinski definition) is 19. The number of anilines is 2. The predicted octanol–water partition coefficient (Wildman–Crippen LogP) is 2.31. The van der Waals surface area contributed by atoms with Gasteiger partial charge in [-0.2, -0.15) is 10.2 Å². The molecule has 7 rings (SSSR count). The molecule has 2 amide bonds. The number of H-pyrrole nitrogens is 1. The third-order valence-corrected chi connectivity index (χ3v) is 12.1. The van der Waals surface area contributed by atoms with Crippen LogP contribution in [0.15, 0.2) is 54.1 Å². The number of rotatable bonds is 18. The van der Waals surface area contributed by atoms with E-state index in [1.807, 2.05) is 6.07 Å². The number of aliphatic hydroxyl groups excluding tert-OH is 2. The van der Waals surface area contributed by atoms with Crippen LogP contribution in [0.2, 0.25) is 0 Å². The Labute approximate surface area is 357 Å². The van der Waals surface area contributed by atoms with Crippen LogP contribution in [0.4, 0.5) is 11.8 Å². The molecule has 6 heterocycles. The average molecular weight is 915 g/mol. The lowest BCUT2D eigenvalue weighted by Gasteiger charge is -2.28. The highest BCUT2D eigenvalue weighted by molar-refractivity contribution is 7.48. The van der Waals surface area contributed by atoms with Crippen molar-refractivity contribution in [1.29, 1.82) is 5.26 Å². The van der Waals surface area contributed by atoms with Gasteiger partial charge in [0.15, 0.2) is 40.5 Å². The summed E-state index contributed by atoms with van der Waals surface area (Å²) in [5.41, 5.74) is -0.242. The molecule has 2 saturated heterocycles. The molecule has 2 aliphatic heterocycles. The maximum absolute atomic E-state index is 14.7. The third kappa shape index (κ3) is 9.71. The molecule has 0 spiro atoms. The van der Waals surface area contributed by atoms with Crippen molar-refractivity contribution >= 4 is 62.0 Å². The van der Waals surface area contributed by atoms with Crippen LogP contribution in [0.25, 0.3) is 22.3 Å². The zero-order chi connectivity index (χ0) is 45.0. The first-order chi connectivity index (χ1) is 30.2. The molecule has 10 unspecified atom stereocenters. The molecule has 334 valence electrons. The topological polar surface area (TPSA) is 339 Å². The highest BCUT2D eigenvalue weighted by atomic mass is 31.2. The number of amides is 2. The number of benzene rings is 1. The van der Waals surface area contributed by atoms with Crippen molar-refractivity contribution in [1.82, 2.24) is 39.0 Å². The van der Waals surface area contributed by atoms with E-state index in [9.17, 15) is 43.9 Å². The molecule has 63 heavy (non-hydrogen) atoms. The summed E-state index contributed by atoms with van der Waals surface area (Å²) in [6.07, 6.45) is -4.05. The molecule has 27 heteroatoms. The second kappa shape index (κ2) is 19.5. The van der Waals surface area contributed by atoms with E-state index < -0.39 is 115 Å². The fourth-order valence-corrected chi connectivity index (χ4v) is 9.02. The van der Waals surface area contributed by atoms with Crippen molar-refractivity contribution < 1.29 is 61.4 Å². The zero-order valence-electron chi connectivity index (χ0n) is 33.7. The van der Waals surface area contributed by atoms with Gasteiger partial charge in [-0.3, -0.25) is 47.4 Å². The summed E-state index contributed by atoms with van der Waals surface area (Å²) in [5.74, 6) is -3.34. The molecule has 0 radical (unpaired) electrons. The predicted molar refractivity (Wildman–Crippen MR) is 215 cm³/mol. The van der Waals surface area contributed by atoms with Crippen LogP contribution < -0.4 is 16.2 Å². The Morgan fingerprint density at radius 2 is 1.70 bits per heavy atom. The summed E-state index contributed by atoms with van der Waals surface area (Å²) >= 11 is 0. The Bertz CT molecular complexity index is 2620. The number of hydrogen-bond donors (Lipinski definition) is 6. The Kier molecular flexibility index (Phi) is 14.1. The molecule has 10 atom stereocenters. The van der Waals surface area contributed by atoms with E-state index >= 15 is 0 Å². The monoisotopic (exact) mass is 914 g/mol. The number of phosphoric acid groups is 1. The molecule has 2 fully saturated rings. The highest BCUT2D eigenvalue weighted by Crippen LogP contribution is 2.56. The number of carbonyl (C=O) groups is 2. The highest BCUT2D eigenvalue weighted by Gasteiger charge is 2.53. The minimum atomic E-state index is -4.89. The van der Waals surface area contributed by atoms with Crippen molar-refractivity contribution in [2.45, 2.75) is 64.1 Å². The quantitative estimate of drug-likeness (QED) is 0.0542. The van der Waals surface area contributed by atoms with Crippen molar-refractivity contribution in [2.24, 2.45) is 17.8 Å². The van der Waals surface area contributed by atoms with Crippen LogP contribution in [0.5, 0.6) is 0 Å². The minimum absolute atomic E-state index is 0.0976. The number of aromatic amines is 1. The van der Waals surface area contributed by atoms with Gasteiger partial charge >= 0.3 is 16.1 Å². The molecule has 0 aliphatic carbocycles. The molecule has 1 aromatic carbocycles. The van der Waals surface area contributed by atoms with Crippen molar-refractivity contribution in [3.63, 3.8) is 0 Å². The Balaban J connectivity index is 1.16. The van der Waals surface area contributed by atoms with Gasteiger partial charge in [0.2, 0.25) is 11.9 Å². The van der Waals surface area contributed by atoms with Crippen molar-refractivity contribution in [3.05, 3.63) is 65.2 Å². The second-order valence-corrected chi connectivity index (χ2v) is 16.9. The van der Waals surface area contributed by atoms with Crippen LogP contribution in [-0.2, 0) is 41.5 Å². The van der Waals surface area contributed by atoms with E-state index in [0.717, 1.165) is 6.33 Å². The average Bonchev–Trinajstić information content (AvgIpc) is 4.04. The molecule has 25 nitrogen and oxygen atoms in total. The number of imidazole rings is 2. The van der Waals surface area contributed by atoms with Crippen LogP contribution >= 0.6 is 16.1 Å². The number of nitriles is 1. The van der Waals surface area contributed by atoms with E-state index in [1.165, 1.54) is 21.8 Å². The van der Waals surface area contributed by atoms with Crippen LogP contribution in [0.3, 0.4) is 0 Å². The number of aromatic nitrogens is 8. The lowest BCUT2D eigenvalue weighted by molar-refractivity contribution is -0.118. The first-order valence-corrected chi connectivity index (χ1v) is 22.0. The fourth-order valence-electron chi connectivity index (χ4n) is 7.08. The summed E-state index contributed by atoms with van der Waals surface area (Å²) in [4.78, 5) is 72.1. The Morgan fingerprint density at radius 3 is 2.38 bits per heavy atom. The van der Waals surface area contributed by atoms with Gasteiger partial charge in [-0.15, -0.1) is 9.42 Å². The van der Waals surface area contributed by atoms with E-state index in [4.69, 9.17) is 27.6 Å². The molecule has 0 bridgehead atoms. The summed E-state index contributed by atoms with van der Waals surface area (Å²) in [6.45, 7) is 2.43. The van der Waals surface area contributed by atoms with E-state index in [2.05, 4.69) is 40.5 Å². The Hall–Kier alpha value is -5.48. The number of nitrogens with one attached hydrogen (secondary N) is 3. The number of aliphatic hydroxyl groups is 2. The largest absolute Gasteiger partial charge is 0.695 e.